The van der Waals surface area contributed by atoms with E-state index in [-0.39, 0.29) is 11.6 Å². The average Bonchev–Trinajstić information content (AvgIpc) is 3.18. The third-order valence-corrected chi connectivity index (χ3v) is 7.63. The van der Waals surface area contributed by atoms with Crippen LogP contribution in [0.4, 0.5) is 5.13 Å². The lowest BCUT2D eigenvalue weighted by molar-refractivity contribution is -0.150. The molecule has 1 saturated heterocycles. The van der Waals surface area contributed by atoms with Gasteiger partial charge in [-0.2, -0.15) is 0 Å². The molecule has 2 fully saturated rings. The van der Waals surface area contributed by atoms with Crippen LogP contribution >= 0.6 is 23.1 Å². The second kappa shape index (κ2) is 8.81. The molecule has 2 atom stereocenters. The number of aromatic nitrogens is 1. The number of thioether (sulfide) groups is 1. The number of β-lactam (4-membered cyclic amide) rings is 1. The Bertz CT molecular complexity index is 920. The number of rotatable bonds is 6. The highest BCUT2D eigenvalue weighted by atomic mass is 32.2. The highest BCUT2D eigenvalue weighted by Crippen LogP contribution is 2.38. The summed E-state index contributed by atoms with van der Waals surface area (Å²) >= 11 is 2.70. The first kappa shape index (κ1) is 20.9. The topological polar surface area (TPSA) is 126 Å². The summed E-state index contributed by atoms with van der Waals surface area (Å²) in [5, 5.41) is 13.8. The van der Waals surface area contributed by atoms with Crippen molar-refractivity contribution >= 4 is 51.6 Å². The number of carboxylic acids is 1. The van der Waals surface area contributed by atoms with E-state index >= 15 is 0 Å². The molecule has 4 rings (SSSR count). The van der Waals surface area contributed by atoms with E-state index in [1.807, 2.05) is 6.08 Å². The van der Waals surface area contributed by atoms with Gasteiger partial charge in [0.15, 0.2) is 5.13 Å². The standard InChI is InChI=1S/C20H24N4O4S2/c21-20-22-13(10-30-20)12(7-6-11-4-2-1-3-5-11)16(25)23-15-17(26)24-14(19(27)28)8-9-29-18(15)24/h7-8,10-11,15,18H,1-6,9H2,(H2,21,22)(H,23,25)(H,27,28)/b12-7-/t15-,18-/m1/s1. The number of amides is 2. The zero-order valence-corrected chi connectivity index (χ0v) is 18.0. The van der Waals surface area contributed by atoms with Crippen molar-refractivity contribution in [2.24, 2.45) is 5.92 Å². The maximum Gasteiger partial charge on any atom is 0.352 e. The molecule has 2 aliphatic heterocycles. The van der Waals surface area contributed by atoms with E-state index in [1.54, 1.807) is 5.38 Å². The molecule has 2 amide bonds. The fourth-order valence-corrected chi connectivity index (χ4v) is 5.95. The van der Waals surface area contributed by atoms with Crippen LogP contribution in [-0.4, -0.2) is 49.9 Å². The molecule has 3 aliphatic rings. The van der Waals surface area contributed by atoms with E-state index in [4.69, 9.17) is 5.73 Å². The summed E-state index contributed by atoms with van der Waals surface area (Å²) in [5.41, 5.74) is 6.69. The Labute approximate surface area is 182 Å². The Morgan fingerprint density at radius 1 is 1.33 bits per heavy atom. The molecule has 4 N–H and O–H groups in total. The summed E-state index contributed by atoms with van der Waals surface area (Å²) < 4.78 is 0. The summed E-state index contributed by atoms with van der Waals surface area (Å²) in [6.07, 6.45) is 10.2. The van der Waals surface area contributed by atoms with Gasteiger partial charge in [0.2, 0.25) is 0 Å². The largest absolute Gasteiger partial charge is 0.477 e. The lowest BCUT2D eigenvalue weighted by Crippen LogP contribution is -2.70. The zero-order chi connectivity index (χ0) is 21.3. The summed E-state index contributed by atoms with van der Waals surface area (Å²) in [6.45, 7) is 0. The van der Waals surface area contributed by atoms with Crippen LogP contribution < -0.4 is 11.1 Å². The number of allylic oxidation sites excluding steroid dienone is 1. The van der Waals surface area contributed by atoms with Crippen molar-refractivity contribution in [2.45, 2.75) is 49.9 Å². The molecule has 0 bridgehead atoms. The Morgan fingerprint density at radius 3 is 2.77 bits per heavy atom. The number of thiazole rings is 1. The van der Waals surface area contributed by atoms with E-state index in [0.29, 0.717) is 28.1 Å². The molecule has 10 heteroatoms. The van der Waals surface area contributed by atoms with Crippen LogP contribution in [-0.2, 0) is 14.4 Å². The monoisotopic (exact) mass is 448 g/mol. The molecule has 1 aliphatic carbocycles. The number of nitrogens with zero attached hydrogens (tertiary/aromatic N) is 2. The van der Waals surface area contributed by atoms with Gasteiger partial charge >= 0.3 is 5.97 Å². The minimum Gasteiger partial charge on any atom is -0.477 e. The molecule has 1 aromatic heterocycles. The van der Waals surface area contributed by atoms with Crippen LogP contribution in [0.5, 0.6) is 0 Å². The summed E-state index contributed by atoms with van der Waals surface area (Å²) in [5.74, 6) is -0.880. The summed E-state index contributed by atoms with van der Waals surface area (Å²) in [6, 6.07) is -0.750. The molecule has 8 nitrogen and oxygen atoms in total. The number of aliphatic carboxylic acids is 1. The molecule has 3 heterocycles. The number of hydrogen-bond acceptors (Lipinski definition) is 7. The van der Waals surface area contributed by atoms with Gasteiger partial charge in [0.25, 0.3) is 11.8 Å². The van der Waals surface area contributed by atoms with Gasteiger partial charge in [-0.05, 0) is 18.4 Å². The number of anilines is 1. The normalized spacial score (nSPS) is 24.7. The Balaban J connectivity index is 1.49. The van der Waals surface area contributed by atoms with Crippen LogP contribution in [0.1, 0.15) is 44.2 Å². The van der Waals surface area contributed by atoms with Crippen LogP contribution in [0.3, 0.4) is 0 Å². The van der Waals surface area contributed by atoms with Crippen LogP contribution in [0, 0.1) is 5.92 Å². The predicted molar refractivity (Wildman–Crippen MR) is 116 cm³/mol. The van der Waals surface area contributed by atoms with Gasteiger partial charge in [0.05, 0.1) is 11.3 Å². The quantitative estimate of drug-likeness (QED) is 0.451. The Kier molecular flexibility index (Phi) is 6.14. The maximum atomic E-state index is 13.1. The molecule has 30 heavy (non-hydrogen) atoms. The number of nitrogens with two attached hydrogens (primary N) is 1. The molecule has 1 saturated carbocycles. The summed E-state index contributed by atoms with van der Waals surface area (Å²) in [4.78, 5) is 42.5. The fourth-order valence-electron chi connectivity index (χ4n) is 4.19. The lowest BCUT2D eigenvalue weighted by Gasteiger charge is -2.48. The smallest absolute Gasteiger partial charge is 0.352 e. The van der Waals surface area contributed by atoms with E-state index in [0.717, 1.165) is 19.3 Å². The average molecular weight is 449 g/mol. The van der Waals surface area contributed by atoms with Crippen molar-refractivity contribution in [1.29, 1.82) is 0 Å². The number of carboxylic acid groups (broad SMARTS) is 1. The zero-order valence-electron chi connectivity index (χ0n) is 16.4. The minimum atomic E-state index is -1.13. The maximum absolute atomic E-state index is 13.1. The number of nitrogen functional groups attached to an aromatic ring is 1. The first-order chi connectivity index (χ1) is 14.5. The molecule has 0 spiro atoms. The number of carbonyl (C=O) groups is 3. The number of hydrogen-bond donors (Lipinski definition) is 3. The molecule has 0 aromatic carbocycles. The lowest BCUT2D eigenvalue weighted by atomic mass is 9.86. The predicted octanol–water partition coefficient (Wildman–Crippen LogP) is 2.45. The van der Waals surface area contributed by atoms with Crippen molar-refractivity contribution < 1.29 is 19.5 Å². The van der Waals surface area contributed by atoms with Gasteiger partial charge in [-0.3, -0.25) is 14.5 Å². The van der Waals surface area contributed by atoms with Gasteiger partial charge in [0, 0.05) is 11.1 Å². The first-order valence-corrected chi connectivity index (χ1v) is 12.0. The highest BCUT2D eigenvalue weighted by molar-refractivity contribution is 8.00. The van der Waals surface area contributed by atoms with E-state index in [2.05, 4.69) is 10.3 Å². The van der Waals surface area contributed by atoms with Gasteiger partial charge < -0.3 is 16.2 Å². The molecule has 0 unspecified atom stereocenters. The van der Waals surface area contributed by atoms with Crippen molar-refractivity contribution in [2.75, 3.05) is 11.5 Å². The fraction of sp³-hybridized carbons (Fsp3) is 0.500. The first-order valence-electron chi connectivity index (χ1n) is 10.1. The van der Waals surface area contributed by atoms with Crippen LogP contribution in [0.15, 0.2) is 23.2 Å². The third-order valence-electron chi connectivity index (χ3n) is 5.77. The molecular formula is C20H24N4O4S2. The van der Waals surface area contributed by atoms with E-state index in [9.17, 15) is 19.5 Å². The molecular weight excluding hydrogens is 424 g/mol. The van der Waals surface area contributed by atoms with Gasteiger partial charge in [-0.15, -0.1) is 23.1 Å². The third kappa shape index (κ3) is 4.11. The number of fused-ring (bicyclic) bond motifs is 1. The van der Waals surface area contributed by atoms with Crippen molar-refractivity contribution in [3.63, 3.8) is 0 Å². The van der Waals surface area contributed by atoms with Gasteiger partial charge in [0.1, 0.15) is 17.1 Å². The highest BCUT2D eigenvalue weighted by Gasteiger charge is 2.52. The Hall–Kier alpha value is -2.33. The van der Waals surface area contributed by atoms with Gasteiger partial charge in [-0.1, -0.05) is 38.2 Å². The van der Waals surface area contributed by atoms with Crippen LogP contribution in [0.25, 0.3) is 5.57 Å². The van der Waals surface area contributed by atoms with E-state index < -0.39 is 23.3 Å². The Morgan fingerprint density at radius 2 is 2.10 bits per heavy atom. The summed E-state index contributed by atoms with van der Waals surface area (Å²) in [7, 11) is 0. The SMILES string of the molecule is Nc1nc(/C(=C/CC2CCCCC2)C(=O)N[C@@H]2C(=O)N3C(C(=O)O)=CCS[C@H]23)cs1. The second-order valence-corrected chi connectivity index (χ2v) is 9.75. The van der Waals surface area contributed by atoms with Crippen molar-refractivity contribution in [3.8, 4) is 0 Å². The number of carbonyl (C=O) groups excluding carboxylic acids is 2. The second-order valence-electron chi connectivity index (χ2n) is 7.71. The van der Waals surface area contributed by atoms with Crippen molar-refractivity contribution in [3.05, 3.63) is 28.9 Å². The molecule has 160 valence electrons. The number of nitrogens with one attached hydrogen (secondary N) is 1. The molecule has 0 radical (unpaired) electrons. The minimum absolute atomic E-state index is 0.0189. The van der Waals surface area contributed by atoms with E-state index in [1.165, 1.54) is 53.3 Å². The molecule has 1 aromatic rings. The van der Waals surface area contributed by atoms with Crippen LogP contribution in [0.2, 0.25) is 0 Å². The van der Waals surface area contributed by atoms with Crippen molar-refractivity contribution in [1.82, 2.24) is 15.2 Å². The van der Waals surface area contributed by atoms with Gasteiger partial charge in [-0.25, -0.2) is 9.78 Å².